The molecule has 1 saturated heterocycles. The fourth-order valence-electron chi connectivity index (χ4n) is 8.03. The van der Waals surface area contributed by atoms with Gasteiger partial charge in [0, 0.05) is 5.92 Å². The van der Waals surface area contributed by atoms with Crippen LogP contribution in [0, 0.1) is 5.92 Å². The first-order valence-corrected chi connectivity index (χ1v) is 19.7. The molecule has 2 fully saturated rings. The highest BCUT2D eigenvalue weighted by Crippen LogP contribution is 2.49. The molecule has 3 atom stereocenters. The third-order valence-corrected chi connectivity index (χ3v) is 15.1. The van der Waals surface area contributed by atoms with Crippen molar-refractivity contribution in [3.63, 3.8) is 0 Å². The lowest BCUT2D eigenvalue weighted by molar-refractivity contribution is -0.125. The van der Waals surface area contributed by atoms with Gasteiger partial charge in [-0.3, -0.25) is 9.69 Å². The molecule has 0 bridgehead atoms. The van der Waals surface area contributed by atoms with E-state index in [1.165, 1.54) is 29.6 Å². The molecule has 0 N–H and O–H groups in total. The summed E-state index contributed by atoms with van der Waals surface area (Å²) in [6.07, 6.45) is 14.5. The van der Waals surface area contributed by atoms with Crippen LogP contribution in [0.2, 0.25) is 5.04 Å². The smallest absolute Gasteiger partial charge is 0.411 e. The summed E-state index contributed by atoms with van der Waals surface area (Å²) in [5.74, 6) is -0.0594. The van der Waals surface area contributed by atoms with E-state index in [1.807, 2.05) is 31.7 Å². The second kappa shape index (κ2) is 15.5. The average Bonchev–Trinajstić information content (AvgIpc) is 3.36. The van der Waals surface area contributed by atoms with Crippen molar-refractivity contribution in [2.45, 2.75) is 141 Å². The lowest BCUT2D eigenvalue weighted by Crippen LogP contribution is -2.67. The van der Waals surface area contributed by atoms with E-state index < -0.39 is 19.5 Å². The molecular formula is C40H59NO4Si. The standard InChI is InChI=1S/C40H59NO4Si/c1-8-9-10-11-12-19-27-36(42)35-26-20-21-29-40(35)30-28-32(41(40)37(43)45-38(2,3)4)31-44-46(39(5,6)7,33-22-15-13-16-23-33)34-24-17-14-18-25-34/h13-19,22-25,27,32,35H,8-12,20-21,26,28-31H2,1-7H3/b27-19+/t32-,35+,40-/m0/s1. The first-order chi connectivity index (χ1) is 21.9. The zero-order valence-corrected chi connectivity index (χ0v) is 30.6. The van der Waals surface area contributed by atoms with Gasteiger partial charge in [-0.1, -0.05) is 127 Å². The fraction of sp³-hybridized carbons (Fsp3) is 0.600. The van der Waals surface area contributed by atoms with Gasteiger partial charge in [0.25, 0.3) is 8.32 Å². The Morgan fingerprint density at radius 2 is 1.50 bits per heavy atom. The zero-order valence-electron chi connectivity index (χ0n) is 29.6. The predicted octanol–water partition coefficient (Wildman–Crippen LogP) is 8.99. The van der Waals surface area contributed by atoms with Crippen molar-refractivity contribution in [2.75, 3.05) is 6.61 Å². The molecule has 1 spiro atoms. The topological polar surface area (TPSA) is 55.8 Å². The molecular weight excluding hydrogens is 587 g/mol. The highest BCUT2D eigenvalue weighted by Gasteiger charge is 2.58. The van der Waals surface area contributed by atoms with Crippen LogP contribution in [0.1, 0.15) is 119 Å². The van der Waals surface area contributed by atoms with Crippen LogP contribution < -0.4 is 10.4 Å². The minimum absolute atomic E-state index is 0.164. The van der Waals surface area contributed by atoms with Crippen molar-refractivity contribution in [1.82, 2.24) is 4.90 Å². The molecule has 5 nitrogen and oxygen atoms in total. The molecule has 0 unspecified atom stereocenters. The number of ether oxygens (including phenoxy) is 1. The molecule has 2 aliphatic rings. The molecule has 252 valence electrons. The molecule has 1 aliphatic heterocycles. The van der Waals surface area contributed by atoms with Gasteiger partial charge in [-0.05, 0) is 80.8 Å². The van der Waals surface area contributed by atoms with E-state index in [2.05, 4.69) is 94.4 Å². The number of amides is 1. The highest BCUT2D eigenvalue weighted by atomic mass is 28.4. The quantitative estimate of drug-likeness (QED) is 0.131. The van der Waals surface area contributed by atoms with Gasteiger partial charge in [0.05, 0.1) is 18.2 Å². The summed E-state index contributed by atoms with van der Waals surface area (Å²) in [6.45, 7) is 15.2. The Labute approximate surface area is 280 Å². The number of carbonyl (C=O) groups is 2. The third-order valence-electron chi connectivity index (χ3n) is 10.1. The van der Waals surface area contributed by atoms with E-state index in [-0.39, 0.29) is 28.9 Å². The van der Waals surface area contributed by atoms with Gasteiger partial charge in [-0.15, -0.1) is 0 Å². The summed E-state index contributed by atoms with van der Waals surface area (Å²) < 4.78 is 13.5. The van der Waals surface area contributed by atoms with Crippen LogP contribution in [0.3, 0.4) is 0 Å². The first-order valence-electron chi connectivity index (χ1n) is 17.8. The number of benzene rings is 2. The molecule has 4 rings (SSSR count). The molecule has 0 radical (unpaired) electrons. The van der Waals surface area contributed by atoms with Gasteiger partial charge in [-0.2, -0.15) is 0 Å². The van der Waals surface area contributed by atoms with Crippen LogP contribution >= 0.6 is 0 Å². The number of ketones is 1. The van der Waals surface area contributed by atoms with Crippen LogP contribution in [-0.2, 0) is 14.0 Å². The van der Waals surface area contributed by atoms with E-state index >= 15 is 0 Å². The molecule has 2 aromatic rings. The van der Waals surface area contributed by atoms with Crippen LogP contribution in [0.15, 0.2) is 72.8 Å². The number of carbonyl (C=O) groups excluding carboxylic acids is 2. The maximum Gasteiger partial charge on any atom is 0.411 e. The van der Waals surface area contributed by atoms with Crippen molar-refractivity contribution < 1.29 is 18.8 Å². The number of unbranched alkanes of at least 4 members (excludes halogenated alkanes) is 4. The summed E-state index contributed by atoms with van der Waals surface area (Å²) in [6, 6.07) is 21.2. The van der Waals surface area contributed by atoms with E-state index in [0.29, 0.717) is 6.61 Å². The maximum atomic E-state index is 14.3. The second-order valence-corrected chi connectivity index (χ2v) is 19.9. The minimum atomic E-state index is -2.82. The maximum absolute atomic E-state index is 14.3. The number of allylic oxidation sites excluding steroid dienone is 2. The van der Waals surface area contributed by atoms with Gasteiger partial charge in [0.2, 0.25) is 0 Å². The van der Waals surface area contributed by atoms with Gasteiger partial charge < -0.3 is 9.16 Å². The fourth-order valence-corrected chi connectivity index (χ4v) is 12.6. The molecule has 2 aromatic carbocycles. The molecule has 0 aromatic heterocycles. The third kappa shape index (κ3) is 8.05. The summed E-state index contributed by atoms with van der Waals surface area (Å²) in [7, 11) is -2.82. The van der Waals surface area contributed by atoms with Crippen LogP contribution in [0.5, 0.6) is 0 Å². The monoisotopic (exact) mass is 645 g/mol. The van der Waals surface area contributed by atoms with E-state index in [9.17, 15) is 9.59 Å². The normalized spacial score (nSPS) is 22.5. The SMILES string of the molecule is CCCCCC/C=C/C(=O)[C@H]1CCCC[C@]12CC[C@@H](CO[Si](c1ccccc1)(c1ccccc1)C(C)(C)C)N2C(=O)OC(C)(C)C. The van der Waals surface area contributed by atoms with Gasteiger partial charge in [-0.25, -0.2) is 4.79 Å². The van der Waals surface area contributed by atoms with Crippen molar-refractivity contribution in [3.8, 4) is 0 Å². The molecule has 6 heteroatoms. The molecule has 1 heterocycles. The van der Waals surface area contributed by atoms with Gasteiger partial charge in [0.1, 0.15) is 5.60 Å². The number of likely N-dealkylation sites (tertiary alicyclic amines) is 1. The number of hydrogen-bond donors (Lipinski definition) is 0. The van der Waals surface area contributed by atoms with E-state index in [1.54, 1.807) is 0 Å². The lowest BCUT2D eigenvalue weighted by atomic mass is 9.69. The minimum Gasteiger partial charge on any atom is -0.444 e. The molecule has 46 heavy (non-hydrogen) atoms. The Morgan fingerprint density at radius 1 is 0.870 bits per heavy atom. The predicted molar refractivity (Wildman–Crippen MR) is 192 cm³/mol. The largest absolute Gasteiger partial charge is 0.444 e. The molecule has 1 saturated carbocycles. The van der Waals surface area contributed by atoms with Gasteiger partial charge in [0.15, 0.2) is 5.78 Å². The van der Waals surface area contributed by atoms with Crippen molar-refractivity contribution in [2.24, 2.45) is 5.92 Å². The Hall–Kier alpha value is -2.70. The number of hydrogen-bond acceptors (Lipinski definition) is 4. The van der Waals surface area contributed by atoms with Crippen molar-refractivity contribution >= 4 is 30.6 Å². The lowest BCUT2D eigenvalue weighted by Gasteiger charge is -2.49. The van der Waals surface area contributed by atoms with Crippen LogP contribution in [0.25, 0.3) is 0 Å². The summed E-state index contributed by atoms with van der Waals surface area (Å²) in [5, 5.41) is 2.27. The van der Waals surface area contributed by atoms with E-state index in [4.69, 9.17) is 9.16 Å². The Balaban J connectivity index is 1.70. The zero-order chi connectivity index (χ0) is 33.4. The van der Waals surface area contributed by atoms with E-state index in [0.717, 1.165) is 51.4 Å². The summed E-state index contributed by atoms with van der Waals surface area (Å²) in [5.41, 5.74) is -1.19. The summed E-state index contributed by atoms with van der Waals surface area (Å²) >= 11 is 0. The Morgan fingerprint density at radius 3 is 2.07 bits per heavy atom. The summed E-state index contributed by atoms with van der Waals surface area (Å²) in [4.78, 5) is 30.2. The number of rotatable bonds is 12. The first kappa shape index (κ1) is 36.1. The van der Waals surface area contributed by atoms with Crippen molar-refractivity contribution in [3.05, 3.63) is 72.8 Å². The van der Waals surface area contributed by atoms with Crippen LogP contribution in [0.4, 0.5) is 4.79 Å². The van der Waals surface area contributed by atoms with Crippen LogP contribution in [-0.4, -0.2) is 48.9 Å². The Kier molecular flexibility index (Phi) is 12.1. The van der Waals surface area contributed by atoms with Crippen molar-refractivity contribution in [1.29, 1.82) is 0 Å². The second-order valence-electron chi connectivity index (χ2n) is 15.6. The Bertz CT molecular complexity index is 1260. The average molecular weight is 646 g/mol. The van der Waals surface area contributed by atoms with Gasteiger partial charge >= 0.3 is 6.09 Å². The number of nitrogens with zero attached hydrogens (tertiary/aromatic N) is 1. The highest BCUT2D eigenvalue weighted by molar-refractivity contribution is 6.99. The molecule has 1 aliphatic carbocycles. The molecule has 1 amide bonds.